The molecular formula is C13H24N2O2. The molecule has 0 aromatic carbocycles. The van der Waals surface area contributed by atoms with Gasteiger partial charge >= 0.3 is 0 Å². The average Bonchev–Trinajstić information content (AvgIpc) is 3.10. The van der Waals surface area contributed by atoms with E-state index in [0.29, 0.717) is 12.5 Å². The number of amides is 1. The average molecular weight is 240 g/mol. The highest BCUT2D eigenvalue weighted by molar-refractivity contribution is 5.77. The molecule has 2 fully saturated rings. The Balaban J connectivity index is 1.81. The van der Waals surface area contributed by atoms with Gasteiger partial charge < -0.3 is 15.0 Å². The third-order valence-corrected chi connectivity index (χ3v) is 3.50. The number of hydrogen-bond acceptors (Lipinski definition) is 3. The van der Waals surface area contributed by atoms with Crippen molar-refractivity contribution in [1.82, 2.24) is 10.2 Å². The van der Waals surface area contributed by atoms with E-state index >= 15 is 0 Å². The van der Waals surface area contributed by atoms with Gasteiger partial charge in [-0.3, -0.25) is 4.79 Å². The number of carbonyl (C=O) groups is 1. The Morgan fingerprint density at radius 3 is 2.76 bits per heavy atom. The minimum absolute atomic E-state index is 0.0664. The Morgan fingerprint density at radius 1 is 1.47 bits per heavy atom. The van der Waals surface area contributed by atoms with Crippen molar-refractivity contribution >= 4 is 5.91 Å². The third kappa shape index (κ3) is 3.96. The van der Waals surface area contributed by atoms with Crippen LogP contribution < -0.4 is 5.32 Å². The van der Waals surface area contributed by atoms with Crippen LogP contribution in [0.4, 0.5) is 0 Å². The Labute approximate surface area is 104 Å². The summed E-state index contributed by atoms with van der Waals surface area (Å²) in [4.78, 5) is 14.3. The van der Waals surface area contributed by atoms with Gasteiger partial charge in [-0.05, 0) is 32.6 Å². The summed E-state index contributed by atoms with van der Waals surface area (Å²) in [5, 5.41) is 3.27. The molecule has 4 nitrogen and oxygen atoms in total. The van der Waals surface area contributed by atoms with E-state index in [1.54, 1.807) is 0 Å². The lowest BCUT2D eigenvalue weighted by Gasteiger charge is -2.30. The van der Waals surface area contributed by atoms with E-state index in [-0.39, 0.29) is 12.0 Å². The van der Waals surface area contributed by atoms with Crippen molar-refractivity contribution in [3.05, 3.63) is 0 Å². The molecule has 1 aliphatic heterocycles. The smallest absolute Gasteiger partial charge is 0.225 e. The molecular weight excluding hydrogens is 216 g/mol. The predicted octanol–water partition coefficient (Wildman–Crippen LogP) is 1.01. The van der Waals surface area contributed by atoms with Crippen molar-refractivity contribution in [2.45, 2.75) is 45.3 Å². The van der Waals surface area contributed by atoms with E-state index in [0.717, 1.165) is 32.2 Å². The lowest BCUT2D eigenvalue weighted by Crippen LogP contribution is -2.44. The van der Waals surface area contributed by atoms with Crippen LogP contribution in [0.3, 0.4) is 0 Å². The molecule has 1 unspecified atom stereocenters. The summed E-state index contributed by atoms with van der Waals surface area (Å²) in [6, 6.07) is 0.305. The quantitative estimate of drug-likeness (QED) is 0.780. The van der Waals surface area contributed by atoms with E-state index < -0.39 is 0 Å². The van der Waals surface area contributed by atoms with Gasteiger partial charge in [-0.2, -0.15) is 0 Å². The van der Waals surface area contributed by atoms with Crippen LogP contribution in [-0.2, 0) is 9.53 Å². The molecule has 0 aromatic heterocycles. The standard InChI is InChI=1S/C13H24N2O2/c1-10(2)15(9-11-3-4-11)13(16)7-12-8-14-5-6-17-12/h10-12,14H,3-9H2,1-2H3. The van der Waals surface area contributed by atoms with E-state index in [2.05, 4.69) is 19.2 Å². The largest absolute Gasteiger partial charge is 0.375 e. The maximum Gasteiger partial charge on any atom is 0.225 e. The van der Waals surface area contributed by atoms with Gasteiger partial charge in [0.2, 0.25) is 5.91 Å². The molecule has 17 heavy (non-hydrogen) atoms. The van der Waals surface area contributed by atoms with E-state index in [9.17, 15) is 4.79 Å². The Hall–Kier alpha value is -0.610. The van der Waals surface area contributed by atoms with Crippen molar-refractivity contribution in [3.63, 3.8) is 0 Å². The van der Waals surface area contributed by atoms with Gasteiger partial charge in [0.05, 0.1) is 19.1 Å². The first-order valence-electron chi connectivity index (χ1n) is 6.78. The molecule has 0 radical (unpaired) electrons. The molecule has 0 spiro atoms. The fraction of sp³-hybridized carbons (Fsp3) is 0.923. The van der Waals surface area contributed by atoms with Crippen LogP contribution in [0.1, 0.15) is 33.1 Å². The highest BCUT2D eigenvalue weighted by Gasteiger charge is 2.29. The van der Waals surface area contributed by atoms with Crippen molar-refractivity contribution in [2.75, 3.05) is 26.2 Å². The van der Waals surface area contributed by atoms with E-state index in [1.807, 2.05) is 4.90 Å². The van der Waals surface area contributed by atoms with E-state index in [4.69, 9.17) is 4.74 Å². The van der Waals surface area contributed by atoms with Crippen molar-refractivity contribution in [2.24, 2.45) is 5.92 Å². The third-order valence-electron chi connectivity index (χ3n) is 3.50. The summed E-state index contributed by atoms with van der Waals surface area (Å²) in [5.74, 6) is 1.01. The maximum absolute atomic E-state index is 12.2. The Kier molecular flexibility index (Phi) is 4.40. The molecule has 0 bridgehead atoms. The summed E-state index contributed by atoms with van der Waals surface area (Å²) in [6.45, 7) is 7.57. The van der Waals surface area contributed by atoms with Crippen LogP contribution in [0.15, 0.2) is 0 Å². The van der Waals surface area contributed by atoms with Gasteiger partial charge in [0, 0.05) is 25.7 Å². The number of morpholine rings is 1. The summed E-state index contributed by atoms with van der Waals surface area (Å²) in [5.41, 5.74) is 0. The summed E-state index contributed by atoms with van der Waals surface area (Å²) in [7, 11) is 0. The van der Waals surface area contributed by atoms with Crippen LogP contribution in [0.25, 0.3) is 0 Å². The van der Waals surface area contributed by atoms with Crippen LogP contribution in [0, 0.1) is 5.92 Å². The minimum atomic E-state index is 0.0664. The number of carbonyl (C=O) groups excluding carboxylic acids is 1. The molecule has 1 amide bonds. The van der Waals surface area contributed by atoms with Crippen molar-refractivity contribution < 1.29 is 9.53 Å². The normalized spacial score (nSPS) is 25.0. The number of hydrogen-bond donors (Lipinski definition) is 1. The number of rotatable bonds is 5. The van der Waals surface area contributed by atoms with Crippen molar-refractivity contribution in [3.8, 4) is 0 Å². The Morgan fingerprint density at radius 2 is 2.24 bits per heavy atom. The summed E-state index contributed by atoms with van der Waals surface area (Å²) in [6.07, 6.45) is 3.17. The Bertz CT molecular complexity index is 258. The molecule has 0 aromatic rings. The van der Waals surface area contributed by atoms with Gasteiger partial charge in [0.25, 0.3) is 0 Å². The lowest BCUT2D eigenvalue weighted by molar-refractivity contribution is -0.136. The first-order valence-corrected chi connectivity index (χ1v) is 6.78. The van der Waals surface area contributed by atoms with Gasteiger partial charge in [-0.15, -0.1) is 0 Å². The van der Waals surface area contributed by atoms with Crippen LogP contribution >= 0.6 is 0 Å². The van der Waals surface area contributed by atoms with Crippen LogP contribution in [0.5, 0.6) is 0 Å². The van der Waals surface area contributed by atoms with Gasteiger partial charge in [0.1, 0.15) is 0 Å². The van der Waals surface area contributed by atoms with E-state index in [1.165, 1.54) is 12.8 Å². The molecule has 1 saturated heterocycles. The topological polar surface area (TPSA) is 41.6 Å². The zero-order valence-corrected chi connectivity index (χ0v) is 10.9. The molecule has 1 aliphatic carbocycles. The molecule has 98 valence electrons. The molecule has 1 saturated carbocycles. The minimum Gasteiger partial charge on any atom is -0.375 e. The lowest BCUT2D eigenvalue weighted by atomic mass is 10.1. The SMILES string of the molecule is CC(C)N(CC1CC1)C(=O)CC1CNCCO1. The molecule has 2 rings (SSSR count). The van der Waals surface area contributed by atoms with Crippen LogP contribution in [-0.4, -0.2) is 49.2 Å². The molecule has 2 aliphatic rings. The second kappa shape index (κ2) is 5.83. The molecule has 1 atom stereocenters. The molecule has 1 N–H and O–H groups in total. The second-order valence-electron chi connectivity index (χ2n) is 5.48. The fourth-order valence-corrected chi connectivity index (χ4v) is 2.24. The van der Waals surface area contributed by atoms with Crippen LogP contribution in [0.2, 0.25) is 0 Å². The summed E-state index contributed by atoms with van der Waals surface area (Å²) >= 11 is 0. The first kappa shape index (κ1) is 12.8. The van der Waals surface area contributed by atoms with Gasteiger partial charge in [-0.25, -0.2) is 0 Å². The van der Waals surface area contributed by atoms with Gasteiger partial charge in [0.15, 0.2) is 0 Å². The monoisotopic (exact) mass is 240 g/mol. The number of ether oxygens (including phenoxy) is 1. The molecule has 4 heteroatoms. The zero-order valence-electron chi connectivity index (χ0n) is 10.9. The first-order chi connectivity index (χ1) is 8.16. The highest BCUT2D eigenvalue weighted by atomic mass is 16.5. The highest BCUT2D eigenvalue weighted by Crippen LogP contribution is 2.30. The summed E-state index contributed by atoms with van der Waals surface area (Å²) < 4.78 is 5.59. The van der Waals surface area contributed by atoms with Gasteiger partial charge in [-0.1, -0.05) is 0 Å². The maximum atomic E-state index is 12.2. The number of nitrogens with zero attached hydrogens (tertiary/aromatic N) is 1. The number of nitrogens with one attached hydrogen (secondary N) is 1. The van der Waals surface area contributed by atoms with Crippen molar-refractivity contribution in [1.29, 1.82) is 0 Å². The second-order valence-corrected chi connectivity index (χ2v) is 5.48. The molecule has 1 heterocycles. The zero-order chi connectivity index (χ0) is 12.3. The fourth-order valence-electron chi connectivity index (χ4n) is 2.24. The predicted molar refractivity (Wildman–Crippen MR) is 66.8 cm³/mol.